The number of pyridine rings is 3. The molecule has 3 rings (SSSR count). The van der Waals surface area contributed by atoms with Crippen LogP contribution in [-0.2, 0) is 13.1 Å². The molecule has 0 radical (unpaired) electrons. The molecule has 2 amide bonds. The highest BCUT2D eigenvalue weighted by Gasteiger charge is 2.11. The number of carbonyl (C=O) groups excluding carboxylic acids is 2. The minimum atomic E-state index is -0.303. The third-order valence-electron chi connectivity index (χ3n) is 3.61. The van der Waals surface area contributed by atoms with Gasteiger partial charge in [0.2, 0.25) is 0 Å². The van der Waals surface area contributed by atoms with Crippen molar-refractivity contribution in [2.24, 2.45) is 0 Å². The Hall–Kier alpha value is -3.61. The zero-order chi connectivity index (χ0) is 18.2. The molecule has 7 heteroatoms. The molecule has 0 aliphatic rings. The lowest BCUT2D eigenvalue weighted by molar-refractivity contribution is 0.0950. The van der Waals surface area contributed by atoms with Crippen LogP contribution in [0.2, 0.25) is 0 Å². The van der Waals surface area contributed by atoms with Crippen molar-refractivity contribution in [2.45, 2.75) is 13.1 Å². The highest BCUT2D eigenvalue weighted by Crippen LogP contribution is 2.05. The van der Waals surface area contributed by atoms with Crippen LogP contribution in [-0.4, -0.2) is 26.8 Å². The van der Waals surface area contributed by atoms with Crippen LogP contribution in [0, 0.1) is 0 Å². The molecule has 0 saturated heterocycles. The van der Waals surface area contributed by atoms with Crippen LogP contribution in [0.25, 0.3) is 0 Å². The first-order valence-electron chi connectivity index (χ1n) is 8.01. The van der Waals surface area contributed by atoms with Gasteiger partial charge in [0.1, 0.15) is 0 Å². The number of nitrogens with one attached hydrogen (secondary N) is 2. The van der Waals surface area contributed by atoms with E-state index in [1.807, 2.05) is 12.1 Å². The largest absolute Gasteiger partial charge is 0.348 e. The molecule has 0 atom stereocenters. The Balaban J connectivity index is 1.60. The van der Waals surface area contributed by atoms with Crippen LogP contribution in [0.1, 0.15) is 31.8 Å². The molecule has 26 heavy (non-hydrogen) atoms. The molecule has 3 aromatic heterocycles. The molecule has 7 nitrogen and oxygen atoms in total. The van der Waals surface area contributed by atoms with E-state index in [4.69, 9.17) is 0 Å². The molecule has 0 bridgehead atoms. The maximum Gasteiger partial charge on any atom is 0.253 e. The van der Waals surface area contributed by atoms with Gasteiger partial charge in [-0.25, -0.2) is 0 Å². The lowest BCUT2D eigenvalue weighted by Crippen LogP contribution is -2.25. The molecule has 130 valence electrons. The Morgan fingerprint density at radius 3 is 1.65 bits per heavy atom. The smallest absolute Gasteiger partial charge is 0.253 e. The first kappa shape index (κ1) is 17.2. The summed E-state index contributed by atoms with van der Waals surface area (Å²) in [5.41, 5.74) is 2.42. The number of nitrogens with zero attached hydrogens (tertiary/aromatic N) is 3. The number of amides is 2. The van der Waals surface area contributed by atoms with Gasteiger partial charge in [0.05, 0.1) is 11.1 Å². The van der Waals surface area contributed by atoms with Crippen molar-refractivity contribution >= 4 is 11.8 Å². The second kappa shape index (κ2) is 8.48. The first-order chi connectivity index (χ1) is 12.7. The molecule has 2 N–H and O–H groups in total. The molecule has 0 fully saturated rings. The molecule has 0 saturated carbocycles. The highest BCUT2D eigenvalue weighted by molar-refractivity contribution is 5.99. The predicted molar refractivity (Wildman–Crippen MR) is 95.1 cm³/mol. The van der Waals surface area contributed by atoms with E-state index in [1.54, 1.807) is 36.9 Å². The molecule has 0 aliphatic heterocycles. The molecule has 0 spiro atoms. The second-order valence-electron chi connectivity index (χ2n) is 5.55. The Morgan fingerprint density at radius 1 is 0.731 bits per heavy atom. The lowest BCUT2D eigenvalue weighted by atomic mass is 10.1. The first-order valence-corrected chi connectivity index (χ1v) is 8.01. The quantitative estimate of drug-likeness (QED) is 0.708. The van der Waals surface area contributed by atoms with Crippen molar-refractivity contribution < 1.29 is 9.59 Å². The highest BCUT2D eigenvalue weighted by atomic mass is 16.2. The summed E-state index contributed by atoms with van der Waals surface area (Å²) in [6.07, 6.45) is 9.56. The molecular formula is C19H17N5O2. The summed E-state index contributed by atoms with van der Waals surface area (Å²) in [6, 6.07) is 8.86. The fraction of sp³-hybridized carbons (Fsp3) is 0.105. The number of hydrogen-bond donors (Lipinski definition) is 2. The van der Waals surface area contributed by atoms with Gasteiger partial charge >= 0.3 is 0 Å². The maximum absolute atomic E-state index is 12.3. The van der Waals surface area contributed by atoms with Crippen molar-refractivity contribution in [3.05, 3.63) is 89.8 Å². The monoisotopic (exact) mass is 347 g/mol. The zero-order valence-corrected chi connectivity index (χ0v) is 13.9. The van der Waals surface area contributed by atoms with Crippen LogP contribution < -0.4 is 10.6 Å². The topological polar surface area (TPSA) is 96.9 Å². The minimum Gasteiger partial charge on any atom is -0.348 e. The van der Waals surface area contributed by atoms with Crippen molar-refractivity contribution in [1.29, 1.82) is 0 Å². The standard InChI is InChI=1S/C19H17N5O2/c25-18(23-10-14-3-1-5-20-8-14)16-7-17(13-22-12-16)19(26)24-11-15-4-2-6-21-9-15/h1-9,12-13H,10-11H2,(H,23,25)(H,24,26). The van der Waals surface area contributed by atoms with Crippen LogP contribution >= 0.6 is 0 Å². The van der Waals surface area contributed by atoms with Gasteiger partial charge in [-0.2, -0.15) is 0 Å². The molecule has 0 aromatic carbocycles. The predicted octanol–water partition coefficient (Wildman–Crippen LogP) is 1.73. The van der Waals surface area contributed by atoms with Gasteiger partial charge in [0.25, 0.3) is 11.8 Å². The summed E-state index contributed by atoms with van der Waals surface area (Å²) in [4.78, 5) is 36.5. The summed E-state index contributed by atoms with van der Waals surface area (Å²) >= 11 is 0. The minimum absolute atomic E-state index is 0.303. The van der Waals surface area contributed by atoms with E-state index in [1.165, 1.54) is 18.5 Å². The Morgan fingerprint density at radius 2 is 1.23 bits per heavy atom. The van der Waals surface area contributed by atoms with Crippen molar-refractivity contribution in [1.82, 2.24) is 25.6 Å². The summed E-state index contributed by atoms with van der Waals surface area (Å²) in [6.45, 7) is 0.703. The average molecular weight is 347 g/mol. The number of hydrogen-bond acceptors (Lipinski definition) is 5. The Bertz CT molecular complexity index is 814. The van der Waals surface area contributed by atoms with Crippen LogP contribution in [0.4, 0.5) is 0 Å². The van der Waals surface area contributed by atoms with Gasteiger partial charge < -0.3 is 10.6 Å². The molecular weight excluding hydrogens is 330 g/mol. The lowest BCUT2D eigenvalue weighted by Gasteiger charge is -2.07. The summed E-state index contributed by atoms with van der Waals surface area (Å²) in [7, 11) is 0. The zero-order valence-electron chi connectivity index (χ0n) is 13.9. The van der Waals surface area contributed by atoms with Gasteiger partial charge in [-0.05, 0) is 29.3 Å². The van der Waals surface area contributed by atoms with E-state index >= 15 is 0 Å². The van der Waals surface area contributed by atoms with Gasteiger partial charge in [0.15, 0.2) is 0 Å². The summed E-state index contributed by atoms with van der Waals surface area (Å²) in [5.74, 6) is -0.605. The SMILES string of the molecule is O=C(NCc1cccnc1)c1cncc(C(=O)NCc2cccnc2)c1. The molecule has 0 aliphatic carbocycles. The number of aromatic nitrogens is 3. The average Bonchev–Trinajstić information content (AvgIpc) is 2.72. The van der Waals surface area contributed by atoms with Gasteiger partial charge in [0, 0.05) is 50.3 Å². The maximum atomic E-state index is 12.3. The van der Waals surface area contributed by atoms with Gasteiger partial charge in [-0.15, -0.1) is 0 Å². The van der Waals surface area contributed by atoms with Crippen molar-refractivity contribution in [3.8, 4) is 0 Å². The molecule has 0 unspecified atom stereocenters. The number of rotatable bonds is 6. The van der Waals surface area contributed by atoms with Gasteiger partial charge in [-0.1, -0.05) is 12.1 Å². The molecule has 3 heterocycles. The molecule has 3 aromatic rings. The van der Waals surface area contributed by atoms with Crippen LogP contribution in [0.3, 0.4) is 0 Å². The third kappa shape index (κ3) is 4.70. The Labute approximate surface area is 150 Å². The van der Waals surface area contributed by atoms with Crippen molar-refractivity contribution in [2.75, 3.05) is 0 Å². The Kier molecular flexibility index (Phi) is 5.61. The fourth-order valence-electron chi connectivity index (χ4n) is 2.26. The van der Waals surface area contributed by atoms with E-state index in [9.17, 15) is 9.59 Å². The number of carbonyl (C=O) groups is 2. The van der Waals surface area contributed by atoms with Crippen molar-refractivity contribution in [3.63, 3.8) is 0 Å². The second-order valence-corrected chi connectivity index (χ2v) is 5.55. The van der Waals surface area contributed by atoms with Crippen LogP contribution in [0.5, 0.6) is 0 Å². The third-order valence-corrected chi connectivity index (χ3v) is 3.61. The van der Waals surface area contributed by atoms with E-state index in [0.29, 0.717) is 24.2 Å². The van der Waals surface area contributed by atoms with E-state index in [0.717, 1.165) is 11.1 Å². The van der Waals surface area contributed by atoms with E-state index in [-0.39, 0.29) is 11.8 Å². The normalized spacial score (nSPS) is 10.2. The van der Waals surface area contributed by atoms with E-state index in [2.05, 4.69) is 25.6 Å². The summed E-state index contributed by atoms with van der Waals surface area (Å²) in [5, 5.41) is 5.56. The van der Waals surface area contributed by atoms with Crippen LogP contribution in [0.15, 0.2) is 67.5 Å². The van der Waals surface area contributed by atoms with E-state index < -0.39 is 0 Å². The fourth-order valence-corrected chi connectivity index (χ4v) is 2.26. The summed E-state index contributed by atoms with van der Waals surface area (Å²) < 4.78 is 0. The van der Waals surface area contributed by atoms with Gasteiger partial charge in [-0.3, -0.25) is 24.5 Å².